The maximum atomic E-state index is 10.6. The second-order valence-electron chi connectivity index (χ2n) is 10.2. The molecule has 0 radical (unpaired) electrons. The molecule has 0 spiro atoms. The largest absolute Gasteiger partial charge is 0.390 e. The molecule has 0 aromatic rings. The minimum Gasteiger partial charge on any atom is -0.390 e. The molecule has 4 rings (SSSR count). The predicted molar refractivity (Wildman–Crippen MR) is 93.1 cm³/mol. The maximum Gasteiger partial charge on any atom is 0.0627 e. The Bertz CT molecular complexity index is 472. The van der Waals surface area contributed by atoms with Gasteiger partial charge in [0, 0.05) is 7.11 Å². The molecule has 4 aliphatic rings. The zero-order chi connectivity index (χ0) is 16.5. The normalized spacial score (nSPS) is 59.1. The summed E-state index contributed by atoms with van der Waals surface area (Å²) in [4.78, 5) is 0. The van der Waals surface area contributed by atoms with Crippen molar-refractivity contribution in [2.24, 2.45) is 34.5 Å². The molecule has 1 N–H and O–H groups in total. The molecule has 0 heterocycles. The van der Waals surface area contributed by atoms with E-state index in [-0.39, 0.29) is 0 Å². The summed E-state index contributed by atoms with van der Waals surface area (Å²) < 4.78 is 5.89. The summed E-state index contributed by atoms with van der Waals surface area (Å²) in [7, 11) is 1.92. The molecular weight excluding hydrogens is 284 g/mol. The third-order valence-corrected chi connectivity index (χ3v) is 9.15. The van der Waals surface area contributed by atoms with Gasteiger partial charge >= 0.3 is 0 Å². The summed E-state index contributed by atoms with van der Waals surface area (Å²) in [6, 6.07) is 0. The molecule has 2 nitrogen and oxygen atoms in total. The van der Waals surface area contributed by atoms with Crippen molar-refractivity contribution in [3.8, 4) is 0 Å². The zero-order valence-corrected chi connectivity index (χ0v) is 15.6. The highest BCUT2D eigenvalue weighted by Crippen LogP contribution is 2.67. The van der Waals surface area contributed by atoms with Crippen molar-refractivity contribution < 1.29 is 9.84 Å². The van der Waals surface area contributed by atoms with Crippen molar-refractivity contribution in [3.05, 3.63) is 0 Å². The Balaban J connectivity index is 1.60. The van der Waals surface area contributed by atoms with Crippen molar-refractivity contribution in [2.45, 2.75) is 90.3 Å². The van der Waals surface area contributed by atoms with Gasteiger partial charge in [0.1, 0.15) is 0 Å². The lowest BCUT2D eigenvalue weighted by molar-refractivity contribution is -0.153. The quantitative estimate of drug-likeness (QED) is 0.752. The Morgan fingerprint density at radius 1 is 0.826 bits per heavy atom. The topological polar surface area (TPSA) is 29.5 Å². The average Bonchev–Trinajstić information content (AvgIpc) is 2.84. The Hall–Kier alpha value is -0.0800. The first-order chi connectivity index (χ1) is 10.8. The summed E-state index contributed by atoms with van der Waals surface area (Å²) in [5, 5.41) is 10.6. The highest BCUT2D eigenvalue weighted by atomic mass is 16.5. The van der Waals surface area contributed by atoms with Crippen LogP contribution in [0.25, 0.3) is 0 Å². The summed E-state index contributed by atoms with van der Waals surface area (Å²) >= 11 is 0. The lowest BCUT2D eigenvalue weighted by Gasteiger charge is -2.61. The second kappa shape index (κ2) is 5.21. The van der Waals surface area contributed by atoms with Gasteiger partial charge in [-0.1, -0.05) is 13.8 Å². The van der Waals surface area contributed by atoms with E-state index in [4.69, 9.17) is 4.74 Å². The van der Waals surface area contributed by atoms with Crippen LogP contribution in [0, 0.1) is 34.5 Å². The van der Waals surface area contributed by atoms with Gasteiger partial charge in [-0.3, -0.25) is 0 Å². The molecule has 8 atom stereocenters. The smallest absolute Gasteiger partial charge is 0.0627 e. The minimum absolute atomic E-state index is 0.408. The molecule has 2 heteroatoms. The first-order valence-corrected chi connectivity index (χ1v) is 10.1. The van der Waals surface area contributed by atoms with Crippen molar-refractivity contribution in [3.63, 3.8) is 0 Å². The van der Waals surface area contributed by atoms with E-state index >= 15 is 0 Å². The van der Waals surface area contributed by atoms with Crippen molar-refractivity contribution >= 4 is 0 Å². The fourth-order valence-corrected chi connectivity index (χ4v) is 7.77. The Morgan fingerprint density at radius 2 is 1.57 bits per heavy atom. The van der Waals surface area contributed by atoms with Crippen LogP contribution in [0.2, 0.25) is 0 Å². The minimum atomic E-state index is -0.408. The zero-order valence-electron chi connectivity index (χ0n) is 15.6. The van der Waals surface area contributed by atoms with E-state index in [2.05, 4.69) is 20.8 Å². The van der Waals surface area contributed by atoms with Crippen molar-refractivity contribution in [1.82, 2.24) is 0 Å². The Labute approximate surface area is 142 Å². The lowest BCUT2D eigenvalue weighted by Crippen LogP contribution is -2.55. The third kappa shape index (κ3) is 2.27. The molecule has 0 unspecified atom stereocenters. The van der Waals surface area contributed by atoms with E-state index in [1.807, 2.05) is 7.11 Å². The van der Waals surface area contributed by atoms with Crippen LogP contribution >= 0.6 is 0 Å². The van der Waals surface area contributed by atoms with E-state index < -0.39 is 5.60 Å². The molecule has 4 saturated carbocycles. The number of fused-ring (bicyclic) bond motifs is 5. The Kier molecular flexibility index (Phi) is 3.71. The Morgan fingerprint density at radius 3 is 2.30 bits per heavy atom. The van der Waals surface area contributed by atoms with Crippen LogP contribution in [0.3, 0.4) is 0 Å². The van der Waals surface area contributed by atoms with Gasteiger partial charge in [0.15, 0.2) is 0 Å². The molecule has 23 heavy (non-hydrogen) atoms. The van der Waals surface area contributed by atoms with Crippen LogP contribution in [0.1, 0.15) is 78.6 Å². The fourth-order valence-electron chi connectivity index (χ4n) is 7.77. The van der Waals surface area contributed by atoms with Crippen molar-refractivity contribution in [2.75, 3.05) is 7.11 Å². The fraction of sp³-hybridized carbons (Fsp3) is 1.00. The number of ether oxygens (including phenoxy) is 1. The van der Waals surface area contributed by atoms with Gasteiger partial charge in [-0.15, -0.1) is 0 Å². The molecular formula is C21H36O2. The first-order valence-electron chi connectivity index (χ1n) is 10.1. The van der Waals surface area contributed by atoms with Gasteiger partial charge in [-0.25, -0.2) is 0 Å². The van der Waals surface area contributed by atoms with E-state index in [0.717, 1.165) is 36.5 Å². The number of rotatable bonds is 1. The predicted octanol–water partition coefficient (Wildman–Crippen LogP) is 4.80. The lowest BCUT2D eigenvalue weighted by atomic mass is 9.44. The maximum absolute atomic E-state index is 10.6. The van der Waals surface area contributed by atoms with Gasteiger partial charge < -0.3 is 9.84 Å². The van der Waals surface area contributed by atoms with E-state index in [9.17, 15) is 5.11 Å². The van der Waals surface area contributed by atoms with Gasteiger partial charge in [-0.2, -0.15) is 0 Å². The van der Waals surface area contributed by atoms with E-state index in [0.29, 0.717) is 16.9 Å². The van der Waals surface area contributed by atoms with E-state index in [1.54, 1.807) is 0 Å². The number of aliphatic hydroxyl groups is 1. The molecule has 0 aromatic heterocycles. The summed E-state index contributed by atoms with van der Waals surface area (Å²) in [6.07, 6.45) is 11.9. The van der Waals surface area contributed by atoms with Gasteiger partial charge in [0.2, 0.25) is 0 Å². The van der Waals surface area contributed by atoms with Crippen molar-refractivity contribution in [1.29, 1.82) is 0 Å². The highest BCUT2D eigenvalue weighted by molar-refractivity contribution is 5.10. The number of hydrogen-bond acceptors (Lipinski definition) is 2. The molecule has 0 aromatic carbocycles. The first kappa shape index (κ1) is 16.4. The SMILES string of the molecule is CO[C@H]1CC[C@H]2[C@@H]3CC[C@H]4C[C@@](C)(O)CC[C@]4(C)[C@H]3CC[C@]12C. The van der Waals surface area contributed by atoms with Crippen LogP contribution in [-0.4, -0.2) is 23.9 Å². The molecule has 0 saturated heterocycles. The summed E-state index contributed by atoms with van der Waals surface area (Å²) in [5.41, 5.74) is 0.506. The molecule has 0 amide bonds. The monoisotopic (exact) mass is 320 g/mol. The van der Waals surface area contributed by atoms with Crippen LogP contribution < -0.4 is 0 Å². The second-order valence-corrected chi connectivity index (χ2v) is 10.2. The van der Waals surface area contributed by atoms with E-state index in [1.165, 1.54) is 44.9 Å². The van der Waals surface area contributed by atoms with Gasteiger partial charge in [-0.05, 0) is 99.2 Å². The standard InChI is InChI=1S/C21H36O2/c1-19(22)11-12-20(2)14(13-19)5-6-15-16-7-8-18(23-4)21(16,3)10-9-17(15)20/h14-18,22H,5-13H2,1-4H3/t14-,15-,16-,17-,18-,19-,20-,21-/m0/s1. The molecule has 132 valence electrons. The highest BCUT2D eigenvalue weighted by Gasteiger charge is 2.61. The van der Waals surface area contributed by atoms with Crippen LogP contribution in [0.15, 0.2) is 0 Å². The number of methoxy groups -OCH3 is 1. The summed E-state index contributed by atoms with van der Waals surface area (Å²) in [5.74, 6) is 3.44. The third-order valence-electron chi connectivity index (χ3n) is 9.15. The average molecular weight is 321 g/mol. The number of hydrogen-bond donors (Lipinski definition) is 1. The van der Waals surface area contributed by atoms with Crippen LogP contribution in [0.4, 0.5) is 0 Å². The summed E-state index contributed by atoms with van der Waals surface area (Å²) in [6.45, 7) is 7.17. The molecule has 0 bridgehead atoms. The molecule has 4 aliphatic carbocycles. The van der Waals surface area contributed by atoms with Gasteiger partial charge in [0.25, 0.3) is 0 Å². The van der Waals surface area contributed by atoms with Crippen LogP contribution in [-0.2, 0) is 4.74 Å². The van der Waals surface area contributed by atoms with Gasteiger partial charge in [0.05, 0.1) is 11.7 Å². The molecule has 0 aliphatic heterocycles. The molecule has 4 fully saturated rings. The van der Waals surface area contributed by atoms with Crippen LogP contribution in [0.5, 0.6) is 0 Å².